The highest BCUT2D eigenvalue weighted by Crippen LogP contribution is 2.30. The average molecular weight is 204 g/mol. The summed E-state index contributed by atoms with van der Waals surface area (Å²) in [5.41, 5.74) is 2.33. The SMILES string of the molecule is COc1cc2c(C)c(C)oc2cc1C=O. The fraction of sp³-hybridized carbons (Fsp3) is 0.250. The van der Waals surface area contributed by atoms with Crippen LogP contribution in [-0.2, 0) is 0 Å². The summed E-state index contributed by atoms with van der Waals surface area (Å²) in [6.07, 6.45) is 0.769. The average Bonchev–Trinajstić information content (AvgIpc) is 2.53. The lowest BCUT2D eigenvalue weighted by atomic mass is 10.1. The van der Waals surface area contributed by atoms with Crippen LogP contribution in [0.5, 0.6) is 5.75 Å². The van der Waals surface area contributed by atoms with Crippen LogP contribution in [-0.4, -0.2) is 13.4 Å². The lowest BCUT2D eigenvalue weighted by Gasteiger charge is -2.02. The van der Waals surface area contributed by atoms with E-state index in [9.17, 15) is 4.79 Å². The molecule has 0 bridgehead atoms. The molecule has 0 atom stereocenters. The molecule has 0 fully saturated rings. The molecule has 2 aromatic rings. The smallest absolute Gasteiger partial charge is 0.153 e. The lowest BCUT2D eigenvalue weighted by molar-refractivity contribution is 0.112. The highest BCUT2D eigenvalue weighted by molar-refractivity contribution is 5.91. The number of carbonyl (C=O) groups excluding carboxylic acids is 1. The largest absolute Gasteiger partial charge is 0.496 e. The fourth-order valence-corrected chi connectivity index (χ4v) is 1.65. The van der Waals surface area contributed by atoms with Crippen molar-refractivity contribution in [3.05, 3.63) is 29.0 Å². The van der Waals surface area contributed by atoms with E-state index in [2.05, 4.69) is 0 Å². The van der Waals surface area contributed by atoms with E-state index in [4.69, 9.17) is 9.15 Å². The van der Waals surface area contributed by atoms with Crippen LogP contribution in [0.25, 0.3) is 11.0 Å². The number of hydrogen-bond acceptors (Lipinski definition) is 3. The summed E-state index contributed by atoms with van der Waals surface area (Å²) in [6, 6.07) is 3.55. The van der Waals surface area contributed by atoms with E-state index in [1.54, 1.807) is 13.2 Å². The quantitative estimate of drug-likeness (QED) is 0.706. The number of aldehydes is 1. The van der Waals surface area contributed by atoms with Crippen molar-refractivity contribution in [1.29, 1.82) is 0 Å². The number of carbonyl (C=O) groups is 1. The van der Waals surface area contributed by atoms with Crippen LogP contribution >= 0.6 is 0 Å². The van der Waals surface area contributed by atoms with E-state index >= 15 is 0 Å². The zero-order chi connectivity index (χ0) is 11.0. The molecule has 1 heterocycles. The van der Waals surface area contributed by atoms with Gasteiger partial charge in [-0.2, -0.15) is 0 Å². The van der Waals surface area contributed by atoms with Crippen LogP contribution in [0.1, 0.15) is 21.7 Å². The lowest BCUT2D eigenvalue weighted by Crippen LogP contribution is -1.89. The zero-order valence-electron chi connectivity index (χ0n) is 8.96. The fourth-order valence-electron chi connectivity index (χ4n) is 1.65. The first-order chi connectivity index (χ1) is 7.17. The third kappa shape index (κ3) is 1.40. The van der Waals surface area contributed by atoms with Gasteiger partial charge in [-0.25, -0.2) is 0 Å². The van der Waals surface area contributed by atoms with Crippen LogP contribution in [0, 0.1) is 13.8 Å². The summed E-state index contributed by atoms with van der Waals surface area (Å²) in [5, 5.41) is 0.995. The Bertz CT molecular complexity index is 523. The van der Waals surface area contributed by atoms with Crippen LogP contribution in [0.15, 0.2) is 16.5 Å². The normalized spacial score (nSPS) is 10.6. The van der Waals surface area contributed by atoms with E-state index in [1.807, 2.05) is 19.9 Å². The Balaban J connectivity index is 2.80. The van der Waals surface area contributed by atoms with E-state index in [0.29, 0.717) is 11.3 Å². The highest BCUT2D eigenvalue weighted by atomic mass is 16.5. The number of fused-ring (bicyclic) bond motifs is 1. The summed E-state index contributed by atoms with van der Waals surface area (Å²) in [4.78, 5) is 10.8. The van der Waals surface area contributed by atoms with Crippen molar-refractivity contribution in [3.63, 3.8) is 0 Å². The van der Waals surface area contributed by atoms with Crippen molar-refractivity contribution in [2.45, 2.75) is 13.8 Å². The first-order valence-electron chi connectivity index (χ1n) is 4.70. The maximum absolute atomic E-state index is 10.8. The molecule has 0 amide bonds. The van der Waals surface area contributed by atoms with Gasteiger partial charge in [-0.05, 0) is 31.5 Å². The molecule has 0 N–H and O–H groups in total. The summed E-state index contributed by atoms with van der Waals surface area (Å²) < 4.78 is 10.7. The van der Waals surface area contributed by atoms with Crippen molar-refractivity contribution >= 4 is 17.3 Å². The summed E-state index contributed by atoms with van der Waals surface area (Å²) in [5.74, 6) is 1.46. The molecular formula is C12H12O3. The van der Waals surface area contributed by atoms with Crippen LogP contribution in [0.4, 0.5) is 0 Å². The van der Waals surface area contributed by atoms with Gasteiger partial charge in [0.15, 0.2) is 6.29 Å². The van der Waals surface area contributed by atoms with Crippen LogP contribution in [0.2, 0.25) is 0 Å². The molecule has 0 spiro atoms. The number of ether oxygens (including phenoxy) is 1. The number of aryl methyl sites for hydroxylation is 2. The maximum Gasteiger partial charge on any atom is 0.153 e. The van der Waals surface area contributed by atoms with Gasteiger partial charge in [0.05, 0.1) is 12.7 Å². The first kappa shape index (κ1) is 9.77. The van der Waals surface area contributed by atoms with Gasteiger partial charge in [-0.3, -0.25) is 4.79 Å². The van der Waals surface area contributed by atoms with Crippen molar-refractivity contribution in [2.24, 2.45) is 0 Å². The molecule has 2 rings (SSSR count). The first-order valence-corrected chi connectivity index (χ1v) is 4.70. The van der Waals surface area contributed by atoms with E-state index in [-0.39, 0.29) is 0 Å². The third-order valence-corrected chi connectivity index (χ3v) is 2.65. The minimum atomic E-state index is 0.513. The third-order valence-electron chi connectivity index (χ3n) is 2.65. The molecule has 15 heavy (non-hydrogen) atoms. The summed E-state index contributed by atoms with van der Waals surface area (Å²) >= 11 is 0. The van der Waals surface area contributed by atoms with E-state index in [1.165, 1.54) is 0 Å². The van der Waals surface area contributed by atoms with Gasteiger partial charge in [0.25, 0.3) is 0 Å². The number of benzene rings is 1. The van der Waals surface area contributed by atoms with E-state index < -0.39 is 0 Å². The Morgan fingerprint density at radius 1 is 1.33 bits per heavy atom. The number of furan rings is 1. The minimum absolute atomic E-state index is 0.513. The van der Waals surface area contributed by atoms with Crippen molar-refractivity contribution in [3.8, 4) is 5.75 Å². The maximum atomic E-state index is 10.8. The Morgan fingerprint density at radius 2 is 2.07 bits per heavy atom. The monoisotopic (exact) mass is 204 g/mol. The molecule has 3 heteroatoms. The van der Waals surface area contributed by atoms with Gasteiger partial charge >= 0.3 is 0 Å². The molecule has 0 saturated heterocycles. The van der Waals surface area contributed by atoms with E-state index in [0.717, 1.165) is 28.6 Å². The van der Waals surface area contributed by atoms with Gasteiger partial charge in [-0.15, -0.1) is 0 Å². The molecule has 0 aliphatic heterocycles. The summed E-state index contributed by atoms with van der Waals surface area (Å²) in [6.45, 7) is 3.89. The molecule has 0 aliphatic carbocycles. The molecule has 0 radical (unpaired) electrons. The highest BCUT2D eigenvalue weighted by Gasteiger charge is 2.11. The predicted molar refractivity (Wildman–Crippen MR) is 57.6 cm³/mol. The molecule has 1 aromatic carbocycles. The molecule has 0 aliphatic rings. The van der Waals surface area contributed by atoms with Crippen molar-refractivity contribution in [2.75, 3.05) is 7.11 Å². The Kier molecular flexibility index (Phi) is 2.23. The number of rotatable bonds is 2. The second kappa shape index (κ2) is 3.42. The molecule has 78 valence electrons. The minimum Gasteiger partial charge on any atom is -0.496 e. The summed E-state index contributed by atoms with van der Waals surface area (Å²) in [7, 11) is 1.55. The van der Waals surface area contributed by atoms with Gasteiger partial charge in [0, 0.05) is 5.39 Å². The second-order valence-electron chi connectivity index (χ2n) is 3.49. The zero-order valence-corrected chi connectivity index (χ0v) is 8.96. The number of hydrogen-bond donors (Lipinski definition) is 0. The molecule has 1 aromatic heterocycles. The van der Waals surface area contributed by atoms with Gasteiger partial charge < -0.3 is 9.15 Å². The van der Waals surface area contributed by atoms with Gasteiger partial charge in [-0.1, -0.05) is 0 Å². The van der Waals surface area contributed by atoms with Crippen LogP contribution < -0.4 is 4.74 Å². The Labute approximate surface area is 87.6 Å². The Hall–Kier alpha value is -1.77. The second-order valence-corrected chi connectivity index (χ2v) is 3.49. The Morgan fingerprint density at radius 3 is 2.67 bits per heavy atom. The molecule has 3 nitrogen and oxygen atoms in total. The van der Waals surface area contributed by atoms with Crippen LogP contribution in [0.3, 0.4) is 0 Å². The molecule has 0 saturated carbocycles. The van der Waals surface area contributed by atoms with Gasteiger partial charge in [0.2, 0.25) is 0 Å². The number of methoxy groups -OCH3 is 1. The topological polar surface area (TPSA) is 39.4 Å². The standard InChI is InChI=1S/C12H12O3/c1-7-8(2)15-12-4-9(6-13)11(14-3)5-10(7)12/h4-6H,1-3H3. The molecule has 0 unspecified atom stereocenters. The molecular weight excluding hydrogens is 192 g/mol. The van der Waals surface area contributed by atoms with Crippen molar-refractivity contribution < 1.29 is 13.9 Å². The van der Waals surface area contributed by atoms with Crippen molar-refractivity contribution in [1.82, 2.24) is 0 Å². The van der Waals surface area contributed by atoms with Gasteiger partial charge in [0.1, 0.15) is 17.1 Å². The predicted octanol–water partition coefficient (Wildman–Crippen LogP) is 2.87.